The lowest BCUT2D eigenvalue weighted by atomic mass is 9.96. The van der Waals surface area contributed by atoms with Crippen LogP contribution < -0.4 is 0 Å². The Morgan fingerprint density at radius 1 is 1.47 bits per heavy atom. The molecule has 0 saturated carbocycles. The number of aliphatic imine (C=N–C) groups is 2. The molecule has 0 bridgehead atoms. The maximum absolute atomic E-state index is 11.3. The summed E-state index contributed by atoms with van der Waals surface area (Å²) in [6.45, 7) is 0. The molecule has 2 aliphatic rings. The number of amides is 1. The highest BCUT2D eigenvalue weighted by Crippen LogP contribution is 2.20. The minimum Gasteiger partial charge on any atom is -0.271 e. The molecule has 0 N–H and O–H groups in total. The van der Waals surface area contributed by atoms with Gasteiger partial charge >= 0.3 is 0 Å². The van der Waals surface area contributed by atoms with Crippen molar-refractivity contribution in [1.82, 2.24) is 0 Å². The molecule has 0 aromatic rings. The lowest BCUT2D eigenvalue weighted by Gasteiger charge is -2.15. The van der Waals surface area contributed by atoms with Gasteiger partial charge in [0.1, 0.15) is 5.92 Å². The zero-order valence-electron chi connectivity index (χ0n) is 7.25. The van der Waals surface area contributed by atoms with Gasteiger partial charge in [-0.2, -0.15) is 4.99 Å². The summed E-state index contributed by atoms with van der Waals surface area (Å²) in [5.74, 6) is -1.10. The van der Waals surface area contributed by atoms with E-state index in [4.69, 9.17) is 11.6 Å². The summed E-state index contributed by atoms with van der Waals surface area (Å²) in [6.07, 6.45) is 3.88. The average Bonchev–Trinajstić information content (AvgIpc) is 2.16. The molecule has 0 aromatic carbocycles. The highest BCUT2D eigenvalue weighted by molar-refractivity contribution is 6.67. The van der Waals surface area contributed by atoms with Crippen LogP contribution in [0.1, 0.15) is 0 Å². The predicted molar refractivity (Wildman–Crippen MR) is 53.4 cm³/mol. The molecule has 0 saturated heterocycles. The SMILES string of the molecule is O=C1N=C(Cl)N=C2C=C([N+](=O)[O-])C=CC12. The number of hydrogen-bond donors (Lipinski definition) is 0. The minimum atomic E-state index is -0.642. The molecule has 1 atom stereocenters. The first-order valence-corrected chi connectivity index (χ1v) is 4.36. The molecule has 6 nitrogen and oxygen atoms in total. The number of carbonyl (C=O) groups is 1. The number of allylic oxidation sites excluding steroid dienone is 2. The molecule has 0 spiro atoms. The summed E-state index contributed by atoms with van der Waals surface area (Å²) in [5, 5.41) is 10.3. The number of rotatable bonds is 1. The molecule has 0 fully saturated rings. The van der Waals surface area contributed by atoms with Gasteiger partial charge in [0.05, 0.1) is 10.6 Å². The van der Waals surface area contributed by atoms with Crippen molar-refractivity contribution in [3.05, 3.63) is 34.0 Å². The normalized spacial score (nSPS) is 23.9. The summed E-state index contributed by atoms with van der Waals surface area (Å²) >= 11 is 5.48. The van der Waals surface area contributed by atoms with Crippen molar-refractivity contribution in [3.8, 4) is 0 Å². The Morgan fingerprint density at radius 3 is 2.87 bits per heavy atom. The summed E-state index contributed by atoms with van der Waals surface area (Å²) in [7, 11) is 0. The molecular weight excluding hydrogens is 222 g/mol. The van der Waals surface area contributed by atoms with Gasteiger partial charge in [-0.1, -0.05) is 6.08 Å². The quantitative estimate of drug-likeness (QED) is 0.378. The monoisotopic (exact) mass is 225 g/mol. The Bertz CT molecular complexity index is 476. The van der Waals surface area contributed by atoms with Crippen LogP contribution in [0.5, 0.6) is 0 Å². The van der Waals surface area contributed by atoms with Crippen molar-refractivity contribution in [3.63, 3.8) is 0 Å². The number of fused-ring (bicyclic) bond motifs is 1. The predicted octanol–water partition coefficient (Wildman–Crippen LogP) is 0.909. The van der Waals surface area contributed by atoms with Crippen LogP contribution in [-0.2, 0) is 4.79 Å². The highest BCUT2D eigenvalue weighted by atomic mass is 35.5. The molecular formula is C8H4ClN3O3. The third-order valence-electron chi connectivity index (χ3n) is 1.97. The van der Waals surface area contributed by atoms with E-state index in [1.165, 1.54) is 18.2 Å². The largest absolute Gasteiger partial charge is 0.271 e. The van der Waals surface area contributed by atoms with E-state index in [1.54, 1.807) is 0 Å². The van der Waals surface area contributed by atoms with Crippen LogP contribution in [0, 0.1) is 16.0 Å². The average molecular weight is 226 g/mol. The van der Waals surface area contributed by atoms with E-state index in [1.807, 2.05) is 0 Å². The fourth-order valence-corrected chi connectivity index (χ4v) is 1.48. The zero-order valence-corrected chi connectivity index (χ0v) is 8.01. The fourth-order valence-electron chi connectivity index (χ4n) is 1.30. The first-order chi connectivity index (χ1) is 7.08. The molecule has 7 heteroatoms. The van der Waals surface area contributed by atoms with E-state index >= 15 is 0 Å². The van der Waals surface area contributed by atoms with Crippen molar-refractivity contribution >= 4 is 28.5 Å². The molecule has 1 unspecified atom stereocenters. The van der Waals surface area contributed by atoms with Crippen LogP contribution in [-0.4, -0.2) is 21.8 Å². The third kappa shape index (κ3) is 1.71. The highest BCUT2D eigenvalue weighted by Gasteiger charge is 2.29. The second-order valence-corrected chi connectivity index (χ2v) is 3.26. The molecule has 1 aliphatic heterocycles. The van der Waals surface area contributed by atoms with Crippen molar-refractivity contribution in [1.29, 1.82) is 0 Å². The van der Waals surface area contributed by atoms with E-state index in [-0.39, 0.29) is 16.7 Å². The van der Waals surface area contributed by atoms with Crippen LogP contribution in [0.3, 0.4) is 0 Å². The minimum absolute atomic E-state index is 0.121. The Kier molecular flexibility index (Phi) is 2.20. The first-order valence-electron chi connectivity index (χ1n) is 3.99. The molecule has 0 aromatic heterocycles. The molecule has 0 radical (unpaired) electrons. The standard InChI is InChI=1S/C8H4ClN3O3/c9-8-10-6-3-4(12(14)15)1-2-5(6)7(13)11-8/h1-3,5H. The van der Waals surface area contributed by atoms with Crippen molar-refractivity contribution in [2.45, 2.75) is 0 Å². The van der Waals surface area contributed by atoms with Crippen LogP contribution in [0.2, 0.25) is 0 Å². The lowest BCUT2D eigenvalue weighted by Crippen LogP contribution is -2.27. The van der Waals surface area contributed by atoms with Gasteiger partial charge in [-0.05, 0) is 11.6 Å². The van der Waals surface area contributed by atoms with Crippen LogP contribution >= 0.6 is 11.6 Å². The van der Waals surface area contributed by atoms with Crippen LogP contribution in [0.15, 0.2) is 33.9 Å². The summed E-state index contributed by atoms with van der Waals surface area (Å²) in [4.78, 5) is 28.4. The number of hydrogen-bond acceptors (Lipinski definition) is 4. The maximum Gasteiger partial charge on any atom is 0.271 e. The fraction of sp³-hybridized carbons (Fsp3) is 0.125. The summed E-state index contributed by atoms with van der Waals surface area (Å²) < 4.78 is 0. The maximum atomic E-state index is 11.3. The van der Waals surface area contributed by atoms with Crippen molar-refractivity contribution < 1.29 is 9.72 Å². The molecule has 15 heavy (non-hydrogen) atoms. The topological polar surface area (TPSA) is 84.9 Å². The van der Waals surface area contributed by atoms with Crippen molar-refractivity contribution in [2.75, 3.05) is 0 Å². The number of carbonyl (C=O) groups excluding carboxylic acids is 1. The summed E-state index contributed by atoms with van der Waals surface area (Å²) in [5.41, 5.74) is 0.137. The van der Waals surface area contributed by atoms with Gasteiger partial charge in [-0.15, -0.1) is 0 Å². The lowest BCUT2D eigenvalue weighted by molar-refractivity contribution is -0.419. The Balaban J connectivity index is 2.43. The Morgan fingerprint density at radius 2 is 2.20 bits per heavy atom. The van der Waals surface area contributed by atoms with Gasteiger partial charge in [0.2, 0.25) is 5.29 Å². The van der Waals surface area contributed by atoms with Crippen molar-refractivity contribution in [2.24, 2.45) is 15.9 Å². The number of amidine groups is 1. The Hall–Kier alpha value is -1.82. The van der Waals surface area contributed by atoms with Gasteiger partial charge < -0.3 is 0 Å². The molecule has 1 aliphatic carbocycles. The Labute approximate surface area is 88.8 Å². The number of nitro groups is 1. The third-order valence-corrected chi connectivity index (χ3v) is 2.14. The smallest absolute Gasteiger partial charge is 0.271 e. The van der Waals surface area contributed by atoms with Crippen LogP contribution in [0.25, 0.3) is 0 Å². The zero-order chi connectivity index (χ0) is 11.0. The van der Waals surface area contributed by atoms with Gasteiger partial charge in [-0.3, -0.25) is 14.9 Å². The van der Waals surface area contributed by atoms with Gasteiger partial charge in [0.25, 0.3) is 11.6 Å². The number of nitrogens with zero attached hydrogens (tertiary/aromatic N) is 3. The van der Waals surface area contributed by atoms with E-state index in [0.717, 1.165) is 0 Å². The second-order valence-electron chi connectivity index (χ2n) is 2.92. The van der Waals surface area contributed by atoms with Crippen LogP contribution in [0.4, 0.5) is 0 Å². The van der Waals surface area contributed by atoms with E-state index in [0.29, 0.717) is 0 Å². The second kappa shape index (κ2) is 3.39. The van der Waals surface area contributed by atoms with Gasteiger partial charge in [0.15, 0.2) is 0 Å². The van der Waals surface area contributed by atoms with Gasteiger partial charge in [-0.25, -0.2) is 4.99 Å². The molecule has 76 valence electrons. The molecule has 2 rings (SSSR count). The van der Waals surface area contributed by atoms with Gasteiger partial charge in [0, 0.05) is 12.2 Å². The van der Waals surface area contributed by atoms with E-state index in [9.17, 15) is 14.9 Å². The molecule has 1 amide bonds. The first kappa shape index (κ1) is 9.72. The van der Waals surface area contributed by atoms with E-state index in [2.05, 4.69) is 9.98 Å². The summed E-state index contributed by atoms with van der Waals surface area (Å²) in [6, 6.07) is 0. The number of halogens is 1. The van der Waals surface area contributed by atoms with E-state index < -0.39 is 16.7 Å². The molecule has 1 heterocycles.